The van der Waals surface area contributed by atoms with Crippen molar-refractivity contribution < 1.29 is 4.74 Å². The number of fused-ring (bicyclic) bond motifs is 1. The highest BCUT2D eigenvalue weighted by Crippen LogP contribution is 2.39. The van der Waals surface area contributed by atoms with Crippen LogP contribution in [0.15, 0.2) is 79.4 Å². The zero-order chi connectivity index (χ0) is 16.5. The van der Waals surface area contributed by atoms with E-state index in [0.29, 0.717) is 0 Å². The molecule has 0 fully saturated rings. The van der Waals surface area contributed by atoms with Gasteiger partial charge < -0.3 is 4.74 Å². The fourth-order valence-corrected chi connectivity index (χ4v) is 3.05. The number of rotatable bonds is 3. The summed E-state index contributed by atoms with van der Waals surface area (Å²) in [5.41, 5.74) is 5.03. The van der Waals surface area contributed by atoms with Crippen LogP contribution in [0.5, 0.6) is 0 Å². The van der Waals surface area contributed by atoms with Gasteiger partial charge in [0.15, 0.2) is 11.9 Å². The summed E-state index contributed by atoms with van der Waals surface area (Å²) in [5, 5.41) is 4.71. The highest BCUT2D eigenvalue weighted by molar-refractivity contribution is 5.88. The SMILES string of the molecule is C=CC1OC(c2ccccc2)=C(c2ccccc2)n2nc(C)cc21. The largest absolute Gasteiger partial charge is 0.477 e. The van der Waals surface area contributed by atoms with Crippen molar-refractivity contribution in [2.75, 3.05) is 0 Å². The van der Waals surface area contributed by atoms with Crippen molar-refractivity contribution in [1.29, 1.82) is 0 Å². The molecule has 3 nitrogen and oxygen atoms in total. The third kappa shape index (κ3) is 2.35. The van der Waals surface area contributed by atoms with Crippen molar-refractivity contribution in [2.24, 2.45) is 0 Å². The molecular formula is C21H18N2O. The lowest BCUT2D eigenvalue weighted by Gasteiger charge is -2.28. The van der Waals surface area contributed by atoms with E-state index < -0.39 is 0 Å². The summed E-state index contributed by atoms with van der Waals surface area (Å²) in [6.07, 6.45) is 1.60. The van der Waals surface area contributed by atoms with Crippen LogP contribution in [-0.2, 0) is 4.74 Å². The maximum Gasteiger partial charge on any atom is 0.159 e. The Morgan fingerprint density at radius 2 is 1.62 bits per heavy atom. The molecule has 0 saturated heterocycles. The van der Waals surface area contributed by atoms with E-state index >= 15 is 0 Å². The second-order valence-electron chi connectivity index (χ2n) is 5.81. The first-order valence-electron chi connectivity index (χ1n) is 7.99. The van der Waals surface area contributed by atoms with Crippen LogP contribution in [0, 0.1) is 6.92 Å². The average molecular weight is 314 g/mol. The molecule has 1 unspecified atom stereocenters. The standard InChI is InChI=1S/C21H18N2O/c1-3-19-18-14-15(2)22-23(18)20(16-10-6-4-7-11-16)21(24-19)17-12-8-5-9-13-17/h3-14,19H,1H2,2H3. The van der Waals surface area contributed by atoms with Crippen molar-refractivity contribution in [1.82, 2.24) is 9.78 Å². The quantitative estimate of drug-likeness (QED) is 0.648. The molecule has 1 aliphatic heterocycles. The van der Waals surface area contributed by atoms with Gasteiger partial charge in [0, 0.05) is 11.1 Å². The number of nitrogens with zero attached hydrogens (tertiary/aromatic N) is 2. The first kappa shape index (κ1) is 14.5. The minimum absolute atomic E-state index is 0.214. The summed E-state index contributed by atoms with van der Waals surface area (Å²) in [4.78, 5) is 0. The van der Waals surface area contributed by atoms with Crippen molar-refractivity contribution >= 4 is 11.5 Å². The predicted molar refractivity (Wildman–Crippen MR) is 96.1 cm³/mol. The van der Waals surface area contributed by atoms with E-state index in [2.05, 4.69) is 36.9 Å². The lowest BCUT2D eigenvalue weighted by atomic mass is 10.0. The van der Waals surface area contributed by atoms with Gasteiger partial charge in [-0.25, -0.2) is 4.68 Å². The van der Waals surface area contributed by atoms with Gasteiger partial charge in [0.05, 0.1) is 11.4 Å². The molecule has 2 heterocycles. The zero-order valence-electron chi connectivity index (χ0n) is 13.5. The van der Waals surface area contributed by atoms with Crippen LogP contribution in [-0.4, -0.2) is 9.78 Å². The number of aryl methyl sites for hydroxylation is 1. The van der Waals surface area contributed by atoms with E-state index in [1.807, 2.05) is 54.1 Å². The van der Waals surface area contributed by atoms with Crippen molar-refractivity contribution in [3.8, 4) is 0 Å². The molecular weight excluding hydrogens is 296 g/mol. The molecule has 1 aliphatic rings. The van der Waals surface area contributed by atoms with Crippen LogP contribution in [0.25, 0.3) is 11.5 Å². The van der Waals surface area contributed by atoms with Crippen molar-refractivity contribution in [3.63, 3.8) is 0 Å². The van der Waals surface area contributed by atoms with Crippen LogP contribution < -0.4 is 0 Å². The Morgan fingerprint density at radius 1 is 1.00 bits per heavy atom. The van der Waals surface area contributed by atoms with Crippen LogP contribution in [0.3, 0.4) is 0 Å². The maximum atomic E-state index is 6.33. The molecule has 0 amide bonds. The first-order chi connectivity index (χ1) is 11.8. The second kappa shape index (κ2) is 5.85. The van der Waals surface area contributed by atoms with Crippen LogP contribution in [0.4, 0.5) is 0 Å². The molecule has 3 aromatic rings. The van der Waals surface area contributed by atoms with Gasteiger partial charge in [-0.1, -0.05) is 67.2 Å². The first-order valence-corrected chi connectivity index (χ1v) is 7.99. The lowest BCUT2D eigenvalue weighted by molar-refractivity contribution is 0.200. The molecule has 24 heavy (non-hydrogen) atoms. The second-order valence-corrected chi connectivity index (χ2v) is 5.81. The van der Waals surface area contributed by atoms with Gasteiger partial charge in [0.25, 0.3) is 0 Å². The summed E-state index contributed by atoms with van der Waals surface area (Å²) in [5.74, 6) is 0.822. The Kier molecular flexibility index (Phi) is 3.54. The van der Waals surface area contributed by atoms with Crippen LogP contribution >= 0.6 is 0 Å². The Labute approximate surface area is 141 Å². The van der Waals surface area contributed by atoms with Gasteiger partial charge in [-0.15, -0.1) is 0 Å². The Morgan fingerprint density at radius 3 is 2.25 bits per heavy atom. The van der Waals surface area contributed by atoms with Gasteiger partial charge >= 0.3 is 0 Å². The number of hydrogen-bond acceptors (Lipinski definition) is 2. The molecule has 3 heteroatoms. The summed E-state index contributed by atoms with van der Waals surface area (Å²) >= 11 is 0. The molecule has 0 N–H and O–H groups in total. The molecule has 0 saturated carbocycles. The predicted octanol–water partition coefficient (Wildman–Crippen LogP) is 4.82. The zero-order valence-corrected chi connectivity index (χ0v) is 13.5. The topological polar surface area (TPSA) is 27.1 Å². The Hall–Kier alpha value is -3.07. The van der Waals surface area contributed by atoms with E-state index in [9.17, 15) is 0 Å². The Balaban J connectivity index is 2.03. The minimum Gasteiger partial charge on any atom is -0.477 e. The van der Waals surface area contributed by atoms with E-state index in [4.69, 9.17) is 9.84 Å². The summed E-state index contributed by atoms with van der Waals surface area (Å²) < 4.78 is 8.32. The van der Waals surface area contributed by atoms with Crippen molar-refractivity contribution in [3.05, 3.63) is 102 Å². The molecule has 118 valence electrons. The molecule has 4 rings (SSSR count). The van der Waals surface area contributed by atoms with Crippen LogP contribution in [0.1, 0.15) is 28.6 Å². The normalized spacial score (nSPS) is 16.5. The van der Waals surface area contributed by atoms with Gasteiger partial charge in [-0.2, -0.15) is 5.10 Å². The molecule has 0 radical (unpaired) electrons. The van der Waals surface area contributed by atoms with Crippen LogP contribution in [0.2, 0.25) is 0 Å². The fourth-order valence-electron chi connectivity index (χ4n) is 3.05. The van der Waals surface area contributed by atoms with E-state index in [1.54, 1.807) is 0 Å². The van der Waals surface area contributed by atoms with E-state index in [-0.39, 0.29) is 6.10 Å². The number of aromatic nitrogens is 2. The summed E-state index contributed by atoms with van der Waals surface area (Å²) in [6, 6.07) is 22.4. The average Bonchev–Trinajstić information content (AvgIpc) is 3.03. The monoisotopic (exact) mass is 314 g/mol. The maximum absolute atomic E-state index is 6.33. The highest BCUT2D eigenvalue weighted by Gasteiger charge is 2.29. The molecule has 1 atom stereocenters. The smallest absolute Gasteiger partial charge is 0.159 e. The molecule has 0 spiro atoms. The van der Waals surface area contributed by atoms with Gasteiger partial charge in [0.2, 0.25) is 0 Å². The third-order valence-corrected chi connectivity index (χ3v) is 4.12. The molecule has 1 aromatic heterocycles. The number of benzene rings is 2. The lowest BCUT2D eigenvalue weighted by Crippen LogP contribution is -2.18. The van der Waals surface area contributed by atoms with Gasteiger partial charge in [-0.05, 0) is 19.1 Å². The van der Waals surface area contributed by atoms with E-state index in [1.165, 1.54) is 0 Å². The minimum atomic E-state index is -0.214. The fraction of sp³-hybridized carbons (Fsp3) is 0.0952. The Bertz CT molecular complexity index is 908. The third-order valence-electron chi connectivity index (χ3n) is 4.12. The molecule has 0 aliphatic carbocycles. The molecule has 0 bridgehead atoms. The number of ether oxygens (including phenoxy) is 1. The van der Waals surface area contributed by atoms with Gasteiger partial charge in [0.1, 0.15) is 5.70 Å². The highest BCUT2D eigenvalue weighted by atomic mass is 16.5. The van der Waals surface area contributed by atoms with Gasteiger partial charge in [-0.3, -0.25) is 0 Å². The summed E-state index contributed by atoms with van der Waals surface area (Å²) in [7, 11) is 0. The number of hydrogen-bond donors (Lipinski definition) is 0. The molecule has 2 aromatic carbocycles. The van der Waals surface area contributed by atoms with Crippen molar-refractivity contribution in [2.45, 2.75) is 13.0 Å². The summed E-state index contributed by atoms with van der Waals surface area (Å²) in [6.45, 7) is 5.93. The van der Waals surface area contributed by atoms with E-state index in [0.717, 1.165) is 34.0 Å².